The largest absolute Gasteiger partial charge is 0.392 e. The number of sulfonamides is 1. The molecule has 2 fully saturated rings. The van der Waals surface area contributed by atoms with E-state index < -0.39 is 16.1 Å². The van der Waals surface area contributed by atoms with Gasteiger partial charge in [0.1, 0.15) is 0 Å². The summed E-state index contributed by atoms with van der Waals surface area (Å²) in [6, 6.07) is 8.53. The van der Waals surface area contributed by atoms with Crippen molar-refractivity contribution in [3.8, 4) is 11.3 Å². The molecule has 0 bridgehead atoms. The van der Waals surface area contributed by atoms with Gasteiger partial charge in [-0.05, 0) is 43.6 Å². The van der Waals surface area contributed by atoms with Gasteiger partial charge in [-0.2, -0.15) is 0 Å². The normalized spacial score (nSPS) is 29.1. The zero-order valence-electron chi connectivity index (χ0n) is 16.2. The highest BCUT2D eigenvalue weighted by molar-refractivity contribution is 7.89. The molecule has 7 heteroatoms. The lowest BCUT2D eigenvalue weighted by Crippen LogP contribution is -2.47. The van der Waals surface area contributed by atoms with Crippen LogP contribution in [0.3, 0.4) is 0 Å². The number of imidazole rings is 1. The van der Waals surface area contributed by atoms with Crippen molar-refractivity contribution in [1.82, 2.24) is 13.9 Å². The fourth-order valence-corrected chi connectivity index (χ4v) is 6.90. The van der Waals surface area contributed by atoms with Crippen LogP contribution in [0.25, 0.3) is 11.3 Å². The Balaban J connectivity index is 1.42. The number of piperidine rings is 1. The molecule has 1 N–H and O–H groups in total. The Morgan fingerprint density at radius 2 is 1.96 bits per heavy atom. The third-order valence-electron chi connectivity index (χ3n) is 7.41. The Bertz CT molecular complexity index is 992. The fourth-order valence-electron chi connectivity index (χ4n) is 5.79. The molecule has 1 aromatic carbocycles. The first kappa shape index (κ1) is 18.3. The first-order valence-corrected chi connectivity index (χ1v) is 11.8. The molecule has 1 aliphatic carbocycles. The number of fused-ring (bicyclic) bond motifs is 3. The van der Waals surface area contributed by atoms with Gasteiger partial charge in [-0.3, -0.25) is 0 Å². The third kappa shape index (κ3) is 2.52. The highest BCUT2D eigenvalue weighted by Gasteiger charge is 2.53. The van der Waals surface area contributed by atoms with E-state index in [4.69, 9.17) is 0 Å². The van der Waals surface area contributed by atoms with Gasteiger partial charge < -0.3 is 9.67 Å². The van der Waals surface area contributed by atoms with E-state index in [1.165, 1.54) is 11.1 Å². The van der Waals surface area contributed by atoms with Crippen molar-refractivity contribution in [1.29, 1.82) is 0 Å². The van der Waals surface area contributed by atoms with E-state index in [0.717, 1.165) is 31.4 Å². The summed E-state index contributed by atoms with van der Waals surface area (Å²) in [5.74, 6) is 0.277. The second-order valence-corrected chi connectivity index (χ2v) is 10.8. The minimum atomic E-state index is -3.15. The third-order valence-corrected chi connectivity index (χ3v) is 9.29. The molecule has 0 amide bonds. The molecule has 5 rings (SSSR count). The molecular formula is C21H27N3O3S. The maximum Gasteiger partial charge on any atom is 0.213 e. The summed E-state index contributed by atoms with van der Waals surface area (Å²) in [5.41, 5.74) is 3.44. The molecule has 0 radical (unpaired) electrons. The van der Waals surface area contributed by atoms with Gasteiger partial charge in [0, 0.05) is 24.6 Å². The quantitative estimate of drug-likeness (QED) is 0.858. The Morgan fingerprint density at radius 1 is 1.21 bits per heavy atom. The molecule has 1 aromatic heterocycles. The molecule has 2 aromatic rings. The summed E-state index contributed by atoms with van der Waals surface area (Å²) in [4.78, 5) is 4.35. The zero-order chi connectivity index (χ0) is 19.5. The number of aromatic nitrogens is 2. The second-order valence-electron chi connectivity index (χ2n) is 8.53. The number of benzene rings is 1. The average molecular weight is 402 g/mol. The lowest BCUT2D eigenvalue weighted by atomic mass is 9.73. The van der Waals surface area contributed by atoms with E-state index in [0.29, 0.717) is 13.1 Å². The van der Waals surface area contributed by atoms with Crippen LogP contribution in [-0.4, -0.2) is 52.3 Å². The number of hydrogen-bond acceptors (Lipinski definition) is 4. The zero-order valence-corrected chi connectivity index (χ0v) is 17.0. The molecule has 1 saturated heterocycles. The maximum atomic E-state index is 12.2. The monoisotopic (exact) mass is 401 g/mol. The number of aliphatic hydroxyl groups is 1. The summed E-state index contributed by atoms with van der Waals surface area (Å²) in [6.45, 7) is 2.75. The molecule has 3 heterocycles. The van der Waals surface area contributed by atoms with Crippen molar-refractivity contribution >= 4 is 10.0 Å². The van der Waals surface area contributed by atoms with Crippen LogP contribution >= 0.6 is 0 Å². The van der Waals surface area contributed by atoms with Crippen LogP contribution in [0.5, 0.6) is 0 Å². The number of rotatable bonds is 3. The van der Waals surface area contributed by atoms with Crippen molar-refractivity contribution in [3.05, 3.63) is 42.4 Å². The molecule has 3 aliphatic rings. The number of nitrogens with zero attached hydrogens (tertiary/aromatic N) is 3. The summed E-state index contributed by atoms with van der Waals surface area (Å²) in [6.07, 6.45) is 6.77. The molecule has 3 atom stereocenters. The molecule has 1 unspecified atom stereocenters. The van der Waals surface area contributed by atoms with Gasteiger partial charge in [-0.1, -0.05) is 24.3 Å². The fraction of sp³-hybridized carbons (Fsp3) is 0.571. The van der Waals surface area contributed by atoms with Crippen LogP contribution in [0.15, 0.2) is 36.8 Å². The Hall–Kier alpha value is -1.70. The molecule has 1 saturated carbocycles. The van der Waals surface area contributed by atoms with Crippen molar-refractivity contribution in [2.45, 2.75) is 44.8 Å². The topological polar surface area (TPSA) is 75.4 Å². The van der Waals surface area contributed by atoms with Gasteiger partial charge >= 0.3 is 0 Å². The van der Waals surface area contributed by atoms with Crippen LogP contribution in [0, 0.1) is 11.3 Å². The van der Waals surface area contributed by atoms with Crippen LogP contribution in [-0.2, 0) is 10.0 Å². The summed E-state index contributed by atoms with van der Waals surface area (Å²) < 4.78 is 28.2. The van der Waals surface area contributed by atoms with E-state index in [1.54, 1.807) is 11.2 Å². The first-order chi connectivity index (χ1) is 13.5. The SMILES string of the molecule is CCS(=O)(=O)N1CCC2(CC[C@@H](C3c4ccccc4-c4cncn43)[C@@H]2O)CC1. The second kappa shape index (κ2) is 6.40. The standard InChI is InChI=1S/C21H27N3O3S/c1-2-28(26,27)23-11-9-21(10-12-23)8-7-17(20(21)25)19-16-6-4-3-5-15(16)18-13-22-14-24(18)19/h3-6,13-14,17,19-20,25H,2,7-12H2,1H3/t17-,19?,20-/m0/s1. The van der Waals surface area contributed by atoms with E-state index in [2.05, 4.69) is 33.8 Å². The maximum absolute atomic E-state index is 12.2. The lowest BCUT2D eigenvalue weighted by Gasteiger charge is -2.42. The summed E-state index contributed by atoms with van der Waals surface area (Å²) in [7, 11) is -3.15. The highest BCUT2D eigenvalue weighted by Crippen LogP contribution is 2.55. The number of aliphatic hydroxyl groups excluding tert-OH is 1. The van der Waals surface area contributed by atoms with Gasteiger partial charge in [0.2, 0.25) is 10.0 Å². The molecule has 28 heavy (non-hydrogen) atoms. The number of hydrogen-bond donors (Lipinski definition) is 1. The van der Waals surface area contributed by atoms with Gasteiger partial charge in [0.15, 0.2) is 0 Å². The van der Waals surface area contributed by atoms with Gasteiger partial charge in [0.25, 0.3) is 0 Å². The minimum absolute atomic E-state index is 0.112. The molecule has 150 valence electrons. The van der Waals surface area contributed by atoms with Gasteiger partial charge in [-0.15, -0.1) is 0 Å². The smallest absolute Gasteiger partial charge is 0.213 e. The lowest BCUT2D eigenvalue weighted by molar-refractivity contribution is -0.0145. The predicted octanol–water partition coefficient (Wildman–Crippen LogP) is 2.66. The van der Waals surface area contributed by atoms with Gasteiger partial charge in [-0.25, -0.2) is 17.7 Å². The highest BCUT2D eigenvalue weighted by atomic mass is 32.2. The molecular weight excluding hydrogens is 374 g/mol. The van der Waals surface area contributed by atoms with E-state index in [1.807, 2.05) is 12.5 Å². The summed E-state index contributed by atoms with van der Waals surface area (Å²) in [5, 5.41) is 11.5. The van der Waals surface area contributed by atoms with E-state index in [-0.39, 0.29) is 23.1 Å². The average Bonchev–Trinajstić information content (AvgIpc) is 3.38. The van der Waals surface area contributed by atoms with Crippen molar-refractivity contribution in [3.63, 3.8) is 0 Å². The molecule has 2 aliphatic heterocycles. The van der Waals surface area contributed by atoms with Crippen LogP contribution in [0.4, 0.5) is 0 Å². The van der Waals surface area contributed by atoms with Crippen LogP contribution < -0.4 is 0 Å². The van der Waals surface area contributed by atoms with Gasteiger partial charge in [0.05, 0.1) is 36.1 Å². The predicted molar refractivity (Wildman–Crippen MR) is 107 cm³/mol. The molecule has 1 spiro atoms. The van der Waals surface area contributed by atoms with Crippen molar-refractivity contribution in [2.75, 3.05) is 18.8 Å². The minimum Gasteiger partial charge on any atom is -0.392 e. The first-order valence-electron chi connectivity index (χ1n) is 10.2. The van der Waals surface area contributed by atoms with Crippen LogP contribution in [0.1, 0.15) is 44.2 Å². The molecule has 6 nitrogen and oxygen atoms in total. The van der Waals surface area contributed by atoms with Crippen molar-refractivity contribution < 1.29 is 13.5 Å². The van der Waals surface area contributed by atoms with Crippen molar-refractivity contribution in [2.24, 2.45) is 11.3 Å². The van der Waals surface area contributed by atoms with Crippen LogP contribution in [0.2, 0.25) is 0 Å². The Labute approximate surface area is 166 Å². The summed E-state index contributed by atoms with van der Waals surface area (Å²) >= 11 is 0. The Kier molecular flexibility index (Phi) is 4.19. The Morgan fingerprint density at radius 3 is 2.71 bits per heavy atom. The van der Waals surface area contributed by atoms with E-state index >= 15 is 0 Å². The van der Waals surface area contributed by atoms with E-state index in [9.17, 15) is 13.5 Å².